The molecule has 0 saturated carbocycles. The van der Waals surface area contributed by atoms with Crippen molar-refractivity contribution in [3.8, 4) is 5.69 Å². The highest BCUT2D eigenvalue weighted by atomic mass is 19.1. The molecule has 0 bridgehead atoms. The summed E-state index contributed by atoms with van der Waals surface area (Å²) in [6.07, 6.45) is 1.14. The first-order chi connectivity index (χ1) is 10.9. The van der Waals surface area contributed by atoms with Gasteiger partial charge >= 0.3 is 0 Å². The van der Waals surface area contributed by atoms with E-state index < -0.39 is 0 Å². The summed E-state index contributed by atoms with van der Waals surface area (Å²) >= 11 is 0. The Balaban J connectivity index is 1.85. The standard InChI is InChI=1S/C17H21FN4O/c1-11-8-12(2)10-21(9-11)17(23)16-19-13(3)22(20-16)15-6-4-14(18)5-7-15/h4-7,11-12H,8-10H2,1-3H3/t11-,12+. The van der Waals surface area contributed by atoms with Crippen molar-refractivity contribution in [1.82, 2.24) is 19.7 Å². The molecule has 1 aliphatic rings. The molecule has 23 heavy (non-hydrogen) atoms. The van der Waals surface area contributed by atoms with Gasteiger partial charge in [-0.25, -0.2) is 14.1 Å². The molecule has 1 aromatic heterocycles. The summed E-state index contributed by atoms with van der Waals surface area (Å²) < 4.78 is 14.6. The van der Waals surface area contributed by atoms with Gasteiger partial charge in [0.05, 0.1) is 5.69 Å². The third kappa shape index (κ3) is 3.25. The summed E-state index contributed by atoms with van der Waals surface area (Å²) in [6, 6.07) is 5.98. The highest BCUT2D eigenvalue weighted by molar-refractivity contribution is 5.90. The van der Waals surface area contributed by atoms with E-state index in [-0.39, 0.29) is 17.5 Å². The van der Waals surface area contributed by atoms with E-state index in [1.807, 2.05) is 4.90 Å². The molecular weight excluding hydrogens is 295 g/mol. The van der Waals surface area contributed by atoms with Crippen LogP contribution in [0.25, 0.3) is 5.69 Å². The fourth-order valence-corrected chi connectivity index (χ4v) is 3.28. The normalized spacial score (nSPS) is 21.5. The lowest BCUT2D eigenvalue weighted by molar-refractivity contribution is 0.0611. The summed E-state index contributed by atoms with van der Waals surface area (Å²) in [6.45, 7) is 7.59. The number of amides is 1. The third-order valence-electron chi connectivity index (χ3n) is 4.19. The molecule has 1 amide bonds. The lowest BCUT2D eigenvalue weighted by atomic mass is 9.92. The maximum atomic E-state index is 13.0. The molecule has 0 aliphatic carbocycles. The van der Waals surface area contributed by atoms with Crippen LogP contribution < -0.4 is 0 Å². The van der Waals surface area contributed by atoms with Crippen LogP contribution in [0, 0.1) is 24.6 Å². The van der Waals surface area contributed by atoms with Gasteiger partial charge in [0, 0.05) is 13.1 Å². The Hall–Kier alpha value is -2.24. The van der Waals surface area contributed by atoms with Crippen LogP contribution in [0.4, 0.5) is 4.39 Å². The molecule has 0 radical (unpaired) electrons. The number of aromatic nitrogens is 3. The Kier molecular flexibility index (Phi) is 4.15. The van der Waals surface area contributed by atoms with Crippen molar-refractivity contribution in [2.75, 3.05) is 13.1 Å². The summed E-state index contributed by atoms with van der Waals surface area (Å²) in [5.41, 5.74) is 0.691. The molecule has 1 aliphatic heterocycles. The van der Waals surface area contributed by atoms with Gasteiger partial charge in [-0.1, -0.05) is 13.8 Å². The SMILES string of the molecule is Cc1nc(C(=O)N2C[C@H](C)C[C@H](C)C2)nn1-c1ccc(F)cc1. The third-order valence-corrected chi connectivity index (χ3v) is 4.19. The first kappa shape index (κ1) is 15.6. The number of nitrogens with zero attached hydrogens (tertiary/aromatic N) is 4. The summed E-state index contributed by atoms with van der Waals surface area (Å²) in [5, 5.41) is 4.33. The van der Waals surface area contributed by atoms with E-state index in [0.29, 0.717) is 23.3 Å². The van der Waals surface area contributed by atoms with Crippen molar-refractivity contribution in [1.29, 1.82) is 0 Å². The minimum absolute atomic E-state index is 0.132. The molecule has 122 valence electrons. The fraction of sp³-hybridized carbons (Fsp3) is 0.471. The van der Waals surface area contributed by atoms with Crippen LogP contribution in [-0.4, -0.2) is 38.7 Å². The Bertz CT molecular complexity index is 700. The molecule has 6 heteroatoms. The molecule has 0 unspecified atom stereocenters. The predicted molar refractivity (Wildman–Crippen MR) is 84.9 cm³/mol. The monoisotopic (exact) mass is 316 g/mol. The number of hydrogen-bond donors (Lipinski definition) is 0. The molecule has 3 rings (SSSR count). The van der Waals surface area contributed by atoms with Crippen LogP contribution in [0.3, 0.4) is 0 Å². The number of halogens is 1. The smallest absolute Gasteiger partial charge is 0.293 e. The number of carbonyl (C=O) groups excluding carboxylic acids is 1. The molecule has 2 heterocycles. The van der Waals surface area contributed by atoms with Gasteiger partial charge in [-0.05, 0) is 49.4 Å². The molecule has 1 fully saturated rings. The minimum atomic E-state index is -0.306. The van der Waals surface area contributed by atoms with Gasteiger partial charge in [-0.3, -0.25) is 4.79 Å². The summed E-state index contributed by atoms with van der Waals surface area (Å²) in [4.78, 5) is 18.8. The number of rotatable bonds is 2. The molecule has 5 nitrogen and oxygen atoms in total. The Morgan fingerprint density at radius 1 is 1.17 bits per heavy atom. The predicted octanol–water partition coefficient (Wildman–Crippen LogP) is 2.83. The van der Waals surface area contributed by atoms with E-state index in [4.69, 9.17) is 0 Å². The molecule has 2 atom stereocenters. The van der Waals surface area contributed by atoms with Gasteiger partial charge in [-0.15, -0.1) is 5.10 Å². The quantitative estimate of drug-likeness (QED) is 0.856. The lowest BCUT2D eigenvalue weighted by Crippen LogP contribution is -2.43. The van der Waals surface area contributed by atoms with E-state index in [0.717, 1.165) is 19.5 Å². The van der Waals surface area contributed by atoms with Crippen molar-refractivity contribution >= 4 is 5.91 Å². The number of piperidine rings is 1. The maximum Gasteiger partial charge on any atom is 0.293 e. The van der Waals surface area contributed by atoms with Crippen molar-refractivity contribution < 1.29 is 9.18 Å². The molecule has 1 aromatic carbocycles. The Morgan fingerprint density at radius 2 is 1.78 bits per heavy atom. The molecule has 0 spiro atoms. The van der Waals surface area contributed by atoms with E-state index >= 15 is 0 Å². The average Bonchev–Trinajstić information content (AvgIpc) is 2.88. The van der Waals surface area contributed by atoms with Crippen LogP contribution in [-0.2, 0) is 0 Å². The summed E-state index contributed by atoms with van der Waals surface area (Å²) in [7, 11) is 0. The Morgan fingerprint density at radius 3 is 2.39 bits per heavy atom. The number of likely N-dealkylation sites (tertiary alicyclic amines) is 1. The van der Waals surface area contributed by atoms with E-state index in [1.54, 1.807) is 23.7 Å². The van der Waals surface area contributed by atoms with Gasteiger partial charge in [0.2, 0.25) is 5.82 Å². The van der Waals surface area contributed by atoms with Crippen LogP contribution in [0.15, 0.2) is 24.3 Å². The fourth-order valence-electron chi connectivity index (χ4n) is 3.28. The van der Waals surface area contributed by atoms with Gasteiger partial charge < -0.3 is 4.90 Å². The largest absolute Gasteiger partial charge is 0.335 e. The Labute approximate surface area is 135 Å². The van der Waals surface area contributed by atoms with E-state index in [9.17, 15) is 9.18 Å². The van der Waals surface area contributed by atoms with Crippen molar-refractivity contribution in [2.45, 2.75) is 27.2 Å². The zero-order valence-electron chi connectivity index (χ0n) is 13.7. The van der Waals surface area contributed by atoms with Gasteiger partial charge in [0.15, 0.2) is 0 Å². The molecular formula is C17H21FN4O. The van der Waals surface area contributed by atoms with Crippen molar-refractivity contribution in [2.24, 2.45) is 11.8 Å². The number of hydrogen-bond acceptors (Lipinski definition) is 3. The van der Waals surface area contributed by atoms with Gasteiger partial charge in [-0.2, -0.15) is 0 Å². The molecule has 0 N–H and O–H groups in total. The second-order valence-corrected chi connectivity index (χ2v) is 6.53. The highest BCUT2D eigenvalue weighted by Crippen LogP contribution is 2.22. The van der Waals surface area contributed by atoms with Crippen molar-refractivity contribution in [3.05, 3.63) is 41.7 Å². The molecule has 2 aromatic rings. The maximum absolute atomic E-state index is 13.0. The first-order valence-electron chi connectivity index (χ1n) is 7.93. The van der Waals surface area contributed by atoms with Crippen LogP contribution >= 0.6 is 0 Å². The van der Waals surface area contributed by atoms with Gasteiger partial charge in [0.1, 0.15) is 11.6 Å². The second-order valence-electron chi connectivity index (χ2n) is 6.53. The lowest BCUT2D eigenvalue weighted by Gasteiger charge is -2.34. The van der Waals surface area contributed by atoms with Gasteiger partial charge in [0.25, 0.3) is 5.91 Å². The minimum Gasteiger partial charge on any atom is -0.335 e. The molecule has 1 saturated heterocycles. The van der Waals surface area contributed by atoms with E-state index in [1.165, 1.54) is 12.1 Å². The summed E-state index contributed by atoms with van der Waals surface area (Å²) in [5.74, 6) is 1.35. The van der Waals surface area contributed by atoms with E-state index in [2.05, 4.69) is 23.9 Å². The highest BCUT2D eigenvalue weighted by Gasteiger charge is 2.28. The zero-order valence-corrected chi connectivity index (χ0v) is 13.7. The van der Waals surface area contributed by atoms with Crippen LogP contribution in [0.1, 0.15) is 36.7 Å². The topological polar surface area (TPSA) is 51.0 Å². The second kappa shape index (κ2) is 6.10. The number of benzene rings is 1. The first-order valence-corrected chi connectivity index (χ1v) is 7.93. The average molecular weight is 316 g/mol. The van der Waals surface area contributed by atoms with Crippen molar-refractivity contribution in [3.63, 3.8) is 0 Å². The zero-order chi connectivity index (χ0) is 16.6. The van der Waals surface area contributed by atoms with Crippen LogP contribution in [0.2, 0.25) is 0 Å². The number of aryl methyl sites for hydroxylation is 1. The number of carbonyl (C=O) groups is 1. The van der Waals surface area contributed by atoms with Crippen LogP contribution in [0.5, 0.6) is 0 Å².